The van der Waals surface area contributed by atoms with E-state index in [0.29, 0.717) is 27.3 Å². The number of benzene rings is 4. The lowest BCUT2D eigenvalue weighted by atomic mass is 10.1. The van der Waals surface area contributed by atoms with E-state index in [2.05, 4.69) is 0 Å². The second kappa shape index (κ2) is 10.2. The first-order chi connectivity index (χ1) is 17.0. The first-order valence-corrected chi connectivity index (χ1v) is 12.4. The van der Waals surface area contributed by atoms with Crippen LogP contribution in [-0.2, 0) is 17.9 Å². The predicted octanol–water partition coefficient (Wildman–Crippen LogP) is 7.96. The van der Waals surface area contributed by atoms with Crippen molar-refractivity contribution in [3.05, 3.63) is 117 Å². The van der Waals surface area contributed by atoms with Gasteiger partial charge in [-0.2, -0.15) is 0 Å². The van der Waals surface area contributed by atoms with Crippen LogP contribution in [0.2, 0.25) is 10.0 Å². The van der Waals surface area contributed by atoms with E-state index in [1.807, 2.05) is 72.8 Å². The predicted molar refractivity (Wildman–Crippen MR) is 143 cm³/mol. The molecule has 0 unspecified atom stereocenters. The monoisotopic (exact) mass is 519 g/mol. The molecule has 1 aliphatic rings. The average molecular weight is 520 g/mol. The largest absolute Gasteiger partial charge is 0.489 e. The van der Waals surface area contributed by atoms with Crippen LogP contribution in [0.4, 0.5) is 4.79 Å². The van der Waals surface area contributed by atoms with Crippen LogP contribution in [0.15, 0.2) is 89.8 Å². The van der Waals surface area contributed by atoms with Gasteiger partial charge >= 0.3 is 0 Å². The maximum atomic E-state index is 12.9. The minimum absolute atomic E-state index is 0.243. The van der Waals surface area contributed by atoms with Gasteiger partial charge in [0.15, 0.2) is 0 Å². The summed E-state index contributed by atoms with van der Waals surface area (Å²) in [5, 5.41) is 3.05. The van der Waals surface area contributed by atoms with Gasteiger partial charge in [-0.3, -0.25) is 14.5 Å². The van der Waals surface area contributed by atoms with Crippen molar-refractivity contribution in [3.63, 3.8) is 0 Å². The molecule has 0 radical (unpaired) electrons. The van der Waals surface area contributed by atoms with Gasteiger partial charge in [-0.25, -0.2) is 0 Å². The van der Waals surface area contributed by atoms with E-state index in [9.17, 15) is 9.59 Å². The minimum Gasteiger partial charge on any atom is -0.489 e. The first kappa shape index (κ1) is 23.5. The number of hydrogen-bond donors (Lipinski definition) is 0. The molecule has 4 aromatic carbocycles. The summed E-state index contributed by atoms with van der Waals surface area (Å²) in [4.78, 5) is 27.2. The Balaban J connectivity index is 1.25. The molecule has 1 saturated heterocycles. The van der Waals surface area contributed by atoms with E-state index in [0.717, 1.165) is 39.2 Å². The summed E-state index contributed by atoms with van der Waals surface area (Å²) in [6.07, 6.45) is 1.73. The summed E-state index contributed by atoms with van der Waals surface area (Å²) in [6.45, 7) is 0.551. The fraction of sp³-hybridized carbons (Fsp3) is 0.0714. The Morgan fingerprint density at radius 3 is 2.40 bits per heavy atom. The highest BCUT2D eigenvalue weighted by molar-refractivity contribution is 8.18. The van der Waals surface area contributed by atoms with Crippen LogP contribution in [0.1, 0.15) is 16.7 Å². The van der Waals surface area contributed by atoms with E-state index in [-0.39, 0.29) is 17.7 Å². The highest BCUT2D eigenvalue weighted by Crippen LogP contribution is 2.34. The highest BCUT2D eigenvalue weighted by Gasteiger charge is 2.35. The molecule has 0 bridgehead atoms. The van der Waals surface area contributed by atoms with E-state index in [4.69, 9.17) is 27.9 Å². The van der Waals surface area contributed by atoms with Crippen molar-refractivity contribution in [1.29, 1.82) is 0 Å². The third kappa shape index (κ3) is 5.38. The fourth-order valence-electron chi connectivity index (χ4n) is 3.77. The zero-order valence-electron chi connectivity index (χ0n) is 18.4. The molecule has 0 spiro atoms. The van der Waals surface area contributed by atoms with Gasteiger partial charge in [0.2, 0.25) is 0 Å². The average Bonchev–Trinajstić information content (AvgIpc) is 3.11. The van der Waals surface area contributed by atoms with Gasteiger partial charge in [-0.1, -0.05) is 77.8 Å². The summed E-state index contributed by atoms with van der Waals surface area (Å²) in [7, 11) is 0. The molecule has 0 aromatic heterocycles. The minimum atomic E-state index is -0.286. The Hall–Kier alpha value is -3.25. The van der Waals surface area contributed by atoms with Gasteiger partial charge in [0, 0.05) is 15.6 Å². The van der Waals surface area contributed by atoms with Crippen molar-refractivity contribution in [3.8, 4) is 5.75 Å². The van der Waals surface area contributed by atoms with Gasteiger partial charge in [-0.05, 0) is 70.1 Å². The second-order valence-electron chi connectivity index (χ2n) is 8.04. The van der Waals surface area contributed by atoms with Gasteiger partial charge in [-0.15, -0.1) is 0 Å². The van der Waals surface area contributed by atoms with Crippen LogP contribution in [0.25, 0.3) is 16.8 Å². The smallest absolute Gasteiger partial charge is 0.293 e. The second-order valence-corrected chi connectivity index (χ2v) is 9.88. The number of nitrogens with zero attached hydrogens (tertiary/aromatic N) is 1. The van der Waals surface area contributed by atoms with Gasteiger partial charge in [0.25, 0.3) is 11.1 Å². The third-order valence-corrected chi connectivity index (χ3v) is 7.11. The maximum Gasteiger partial charge on any atom is 0.293 e. The molecule has 1 heterocycles. The molecule has 174 valence electrons. The molecule has 5 rings (SSSR count). The normalized spacial score (nSPS) is 14.8. The van der Waals surface area contributed by atoms with E-state index in [1.54, 1.807) is 18.2 Å². The lowest BCUT2D eigenvalue weighted by molar-refractivity contribution is -0.123. The van der Waals surface area contributed by atoms with Crippen molar-refractivity contribution >= 4 is 63.0 Å². The molecule has 4 aromatic rings. The van der Waals surface area contributed by atoms with E-state index < -0.39 is 0 Å². The number of hydrogen-bond acceptors (Lipinski definition) is 4. The van der Waals surface area contributed by atoms with Crippen molar-refractivity contribution < 1.29 is 14.3 Å². The molecule has 7 heteroatoms. The number of thioether (sulfide) groups is 1. The first-order valence-electron chi connectivity index (χ1n) is 10.9. The number of carbonyl (C=O) groups excluding carboxylic acids is 2. The van der Waals surface area contributed by atoms with Crippen molar-refractivity contribution in [1.82, 2.24) is 4.90 Å². The van der Waals surface area contributed by atoms with Crippen LogP contribution in [0.3, 0.4) is 0 Å². The van der Waals surface area contributed by atoms with Crippen molar-refractivity contribution in [2.45, 2.75) is 13.2 Å². The Morgan fingerprint density at radius 2 is 1.63 bits per heavy atom. The van der Waals surface area contributed by atoms with Crippen molar-refractivity contribution in [2.75, 3.05) is 0 Å². The van der Waals surface area contributed by atoms with Crippen LogP contribution < -0.4 is 4.74 Å². The number of imide groups is 1. The molecule has 1 aliphatic heterocycles. The summed E-state index contributed by atoms with van der Waals surface area (Å²) in [5.41, 5.74) is 2.55. The lowest BCUT2D eigenvalue weighted by Crippen LogP contribution is -2.27. The van der Waals surface area contributed by atoms with Crippen LogP contribution in [0, 0.1) is 0 Å². The van der Waals surface area contributed by atoms with Gasteiger partial charge in [0.05, 0.1) is 11.4 Å². The standard InChI is InChI=1S/C28H19Cl2NO3S/c29-23-10-9-22(25(30)15-23)17-34-24-11-6-18(7-12-24)14-26-27(32)31(28(33)35-26)16-19-5-8-20-3-1-2-4-21(20)13-19/h1-15H,16-17H2. The number of amides is 2. The number of rotatable bonds is 6. The maximum absolute atomic E-state index is 12.9. The third-order valence-electron chi connectivity index (χ3n) is 5.62. The zero-order chi connectivity index (χ0) is 24.4. The summed E-state index contributed by atoms with van der Waals surface area (Å²) < 4.78 is 5.81. The Kier molecular flexibility index (Phi) is 6.82. The van der Waals surface area contributed by atoms with E-state index in [1.165, 1.54) is 4.90 Å². The molecule has 2 amide bonds. The molecule has 0 atom stereocenters. The SMILES string of the molecule is O=C1SC(=Cc2ccc(OCc3ccc(Cl)cc3Cl)cc2)C(=O)N1Cc1ccc2ccccc2c1. The summed E-state index contributed by atoms with van der Waals surface area (Å²) >= 11 is 13.1. The summed E-state index contributed by atoms with van der Waals surface area (Å²) in [5.74, 6) is 0.378. The highest BCUT2D eigenvalue weighted by atomic mass is 35.5. The molecular weight excluding hydrogens is 501 g/mol. The molecule has 0 aliphatic carbocycles. The summed E-state index contributed by atoms with van der Waals surface area (Å²) in [6, 6.07) is 26.6. The topological polar surface area (TPSA) is 46.6 Å². The number of fused-ring (bicyclic) bond motifs is 1. The van der Waals surface area contributed by atoms with Crippen LogP contribution in [-0.4, -0.2) is 16.0 Å². The number of ether oxygens (including phenoxy) is 1. The van der Waals surface area contributed by atoms with Crippen LogP contribution in [0.5, 0.6) is 5.75 Å². The Bertz CT molecular complexity index is 1470. The molecule has 0 saturated carbocycles. The van der Waals surface area contributed by atoms with Crippen molar-refractivity contribution in [2.24, 2.45) is 0 Å². The zero-order valence-corrected chi connectivity index (χ0v) is 20.7. The molecule has 0 N–H and O–H groups in total. The lowest BCUT2D eigenvalue weighted by Gasteiger charge is -2.13. The number of halogens is 2. The Labute approximate surface area is 217 Å². The molecule has 35 heavy (non-hydrogen) atoms. The number of carbonyl (C=O) groups is 2. The fourth-order valence-corrected chi connectivity index (χ4v) is 5.07. The van der Waals surface area contributed by atoms with Gasteiger partial charge in [0.1, 0.15) is 12.4 Å². The molecular formula is C28H19Cl2NO3S. The van der Waals surface area contributed by atoms with Gasteiger partial charge < -0.3 is 4.74 Å². The van der Waals surface area contributed by atoms with E-state index >= 15 is 0 Å². The molecule has 4 nitrogen and oxygen atoms in total. The molecule has 1 fully saturated rings. The van der Waals surface area contributed by atoms with Crippen LogP contribution >= 0.6 is 35.0 Å². The Morgan fingerprint density at radius 1 is 0.857 bits per heavy atom. The quantitative estimate of drug-likeness (QED) is 0.242.